The van der Waals surface area contributed by atoms with E-state index in [9.17, 15) is 0 Å². The minimum atomic E-state index is 0. The van der Waals surface area contributed by atoms with E-state index in [1.54, 1.807) is 11.3 Å². The highest BCUT2D eigenvalue weighted by atomic mass is 35.5. The number of nitrogens with one attached hydrogen (secondary N) is 1. The molecule has 1 N–H and O–H groups in total. The van der Waals surface area contributed by atoms with Gasteiger partial charge in [-0.1, -0.05) is 0 Å². The lowest BCUT2D eigenvalue weighted by Gasteiger charge is -2.27. The number of halogens is 1. The molecule has 2 aliphatic heterocycles. The van der Waals surface area contributed by atoms with Crippen molar-refractivity contribution in [3.8, 4) is 0 Å². The van der Waals surface area contributed by atoms with Crippen LogP contribution in [0.25, 0.3) is 0 Å². The van der Waals surface area contributed by atoms with Gasteiger partial charge in [0.05, 0.1) is 11.2 Å². The maximum atomic E-state index is 4.36. The molecule has 2 aliphatic rings. The summed E-state index contributed by atoms with van der Waals surface area (Å²) in [6.45, 7) is 10.8. The second-order valence-electron chi connectivity index (χ2n) is 7.17. The largest absolute Gasteiger partial charge is 0.317 e. The summed E-state index contributed by atoms with van der Waals surface area (Å²) in [6.07, 6.45) is 4.11. The number of thiazole rings is 1. The van der Waals surface area contributed by atoms with Crippen molar-refractivity contribution in [3.63, 3.8) is 0 Å². The highest BCUT2D eigenvalue weighted by molar-refractivity contribution is 7.09. The summed E-state index contributed by atoms with van der Waals surface area (Å²) in [4.78, 5) is 11.0. The van der Waals surface area contributed by atoms with Crippen molar-refractivity contribution in [2.75, 3.05) is 46.3 Å². The summed E-state index contributed by atoms with van der Waals surface area (Å²) in [5.41, 5.74) is 3.17. The molecule has 3 rings (SSSR count). The molecule has 1 unspecified atom stereocenters. The summed E-state index contributed by atoms with van der Waals surface area (Å²) in [7, 11) is 2.26. The van der Waals surface area contributed by atoms with Crippen LogP contribution in [0.15, 0.2) is 5.51 Å². The maximum Gasteiger partial charge on any atom is 0.0798 e. The Morgan fingerprint density at radius 2 is 2.09 bits per heavy atom. The SMILES string of the molecule is Cc1ncsc1CN(C)CC1CCN(CC2CCNCC2)C1.Cl. The fourth-order valence-electron chi connectivity index (χ4n) is 3.89. The van der Waals surface area contributed by atoms with E-state index in [1.807, 2.05) is 5.51 Å². The van der Waals surface area contributed by atoms with Gasteiger partial charge in [-0.05, 0) is 64.7 Å². The van der Waals surface area contributed by atoms with Crippen LogP contribution < -0.4 is 5.32 Å². The predicted octanol–water partition coefficient (Wildman–Crippen LogP) is 2.63. The van der Waals surface area contributed by atoms with E-state index in [0.29, 0.717) is 0 Å². The molecular weight excluding hydrogens is 328 g/mol. The zero-order chi connectivity index (χ0) is 15.4. The van der Waals surface area contributed by atoms with Gasteiger partial charge in [-0.15, -0.1) is 23.7 Å². The summed E-state index contributed by atoms with van der Waals surface area (Å²) in [6, 6.07) is 0. The van der Waals surface area contributed by atoms with Crippen molar-refractivity contribution in [2.24, 2.45) is 11.8 Å². The summed E-state index contributed by atoms with van der Waals surface area (Å²) in [5.74, 6) is 1.78. The van der Waals surface area contributed by atoms with Crippen LogP contribution in [0.1, 0.15) is 29.8 Å². The molecule has 2 fully saturated rings. The van der Waals surface area contributed by atoms with Crippen molar-refractivity contribution in [1.82, 2.24) is 20.1 Å². The van der Waals surface area contributed by atoms with Crippen LogP contribution in [0.5, 0.6) is 0 Å². The molecule has 1 atom stereocenters. The van der Waals surface area contributed by atoms with E-state index in [-0.39, 0.29) is 12.4 Å². The molecule has 3 heterocycles. The topological polar surface area (TPSA) is 31.4 Å². The van der Waals surface area contributed by atoms with Gasteiger partial charge in [0.1, 0.15) is 0 Å². The second kappa shape index (κ2) is 9.33. The highest BCUT2D eigenvalue weighted by Gasteiger charge is 2.26. The number of hydrogen-bond donors (Lipinski definition) is 1. The zero-order valence-corrected chi connectivity index (χ0v) is 16.1. The summed E-state index contributed by atoms with van der Waals surface area (Å²) >= 11 is 1.79. The van der Waals surface area contributed by atoms with E-state index in [0.717, 1.165) is 18.4 Å². The van der Waals surface area contributed by atoms with Crippen LogP contribution in [0.3, 0.4) is 0 Å². The van der Waals surface area contributed by atoms with Gasteiger partial charge in [0.25, 0.3) is 0 Å². The van der Waals surface area contributed by atoms with Crippen molar-refractivity contribution in [1.29, 1.82) is 0 Å². The molecule has 6 heteroatoms. The average molecular weight is 359 g/mol. The molecule has 1 aromatic heterocycles. The number of likely N-dealkylation sites (tertiary alicyclic amines) is 1. The second-order valence-corrected chi connectivity index (χ2v) is 8.10. The molecule has 0 spiro atoms. The quantitative estimate of drug-likeness (QED) is 0.847. The van der Waals surface area contributed by atoms with Crippen molar-refractivity contribution in [3.05, 3.63) is 16.1 Å². The van der Waals surface area contributed by atoms with Gasteiger partial charge in [0.15, 0.2) is 0 Å². The summed E-state index contributed by atoms with van der Waals surface area (Å²) < 4.78 is 0. The number of aryl methyl sites for hydroxylation is 1. The first kappa shape index (κ1) is 19.1. The van der Waals surface area contributed by atoms with Gasteiger partial charge in [-0.2, -0.15) is 0 Å². The number of aromatic nitrogens is 1. The zero-order valence-electron chi connectivity index (χ0n) is 14.5. The maximum absolute atomic E-state index is 4.36. The van der Waals surface area contributed by atoms with Gasteiger partial charge in [-0.25, -0.2) is 4.98 Å². The first-order valence-corrected chi connectivity index (χ1v) is 9.59. The summed E-state index contributed by atoms with van der Waals surface area (Å²) in [5, 5.41) is 3.47. The first-order valence-electron chi connectivity index (χ1n) is 8.71. The van der Waals surface area contributed by atoms with Crippen LogP contribution in [0, 0.1) is 18.8 Å². The predicted molar refractivity (Wildman–Crippen MR) is 101 cm³/mol. The first-order chi connectivity index (χ1) is 10.7. The Balaban J connectivity index is 0.00000192. The van der Waals surface area contributed by atoms with Crippen molar-refractivity contribution >= 4 is 23.7 Å². The Kier molecular flexibility index (Phi) is 7.76. The van der Waals surface area contributed by atoms with E-state index in [1.165, 1.54) is 69.1 Å². The molecule has 0 saturated carbocycles. The Morgan fingerprint density at radius 3 is 2.78 bits per heavy atom. The Labute approximate surface area is 151 Å². The Bertz CT molecular complexity index is 461. The average Bonchev–Trinajstić information content (AvgIpc) is 3.10. The molecule has 0 aliphatic carbocycles. The molecule has 0 radical (unpaired) electrons. The monoisotopic (exact) mass is 358 g/mol. The molecule has 1 aromatic rings. The van der Waals surface area contributed by atoms with E-state index < -0.39 is 0 Å². The van der Waals surface area contributed by atoms with E-state index >= 15 is 0 Å². The standard InChI is InChI=1S/C17H30N4S.ClH/c1-14-17(22-13-19-14)12-20(2)9-16-5-8-21(11-16)10-15-3-6-18-7-4-15;/h13,15-16,18H,3-12H2,1-2H3;1H. The van der Waals surface area contributed by atoms with Crippen LogP contribution in [0.2, 0.25) is 0 Å². The third kappa shape index (κ3) is 5.68. The minimum absolute atomic E-state index is 0. The fraction of sp³-hybridized carbons (Fsp3) is 0.824. The third-order valence-electron chi connectivity index (χ3n) is 5.17. The highest BCUT2D eigenvalue weighted by Crippen LogP contribution is 2.22. The van der Waals surface area contributed by atoms with Crippen LogP contribution in [-0.4, -0.2) is 61.1 Å². The van der Waals surface area contributed by atoms with Gasteiger partial charge < -0.3 is 15.1 Å². The lowest BCUT2D eigenvalue weighted by Crippen LogP contribution is -2.35. The number of hydrogen-bond acceptors (Lipinski definition) is 5. The Morgan fingerprint density at radius 1 is 1.30 bits per heavy atom. The normalized spacial score (nSPS) is 23.3. The smallest absolute Gasteiger partial charge is 0.0798 e. The molecule has 0 bridgehead atoms. The van der Waals surface area contributed by atoms with Gasteiger partial charge in [-0.3, -0.25) is 0 Å². The van der Waals surface area contributed by atoms with Crippen LogP contribution >= 0.6 is 23.7 Å². The molecule has 23 heavy (non-hydrogen) atoms. The van der Waals surface area contributed by atoms with Crippen LogP contribution in [-0.2, 0) is 6.54 Å². The fourth-order valence-corrected chi connectivity index (χ4v) is 4.74. The van der Waals surface area contributed by atoms with Crippen molar-refractivity contribution < 1.29 is 0 Å². The van der Waals surface area contributed by atoms with Crippen molar-refractivity contribution in [2.45, 2.75) is 32.7 Å². The van der Waals surface area contributed by atoms with E-state index in [4.69, 9.17) is 0 Å². The molecule has 0 aromatic carbocycles. The molecular formula is C17H31ClN4S. The molecule has 2 saturated heterocycles. The third-order valence-corrected chi connectivity index (χ3v) is 6.09. The minimum Gasteiger partial charge on any atom is -0.317 e. The molecule has 132 valence electrons. The van der Waals surface area contributed by atoms with Gasteiger partial charge in [0.2, 0.25) is 0 Å². The van der Waals surface area contributed by atoms with Gasteiger partial charge in [0, 0.05) is 31.1 Å². The number of piperidine rings is 1. The van der Waals surface area contributed by atoms with Crippen LogP contribution in [0.4, 0.5) is 0 Å². The van der Waals surface area contributed by atoms with Gasteiger partial charge >= 0.3 is 0 Å². The molecule has 0 amide bonds. The van der Waals surface area contributed by atoms with E-state index in [2.05, 4.69) is 34.1 Å². The lowest BCUT2D eigenvalue weighted by atomic mass is 9.98. The number of nitrogens with zero attached hydrogens (tertiary/aromatic N) is 3. The molecule has 4 nitrogen and oxygen atoms in total. The number of rotatable bonds is 6. The lowest BCUT2D eigenvalue weighted by molar-refractivity contribution is 0.220. The Hall–Kier alpha value is -0.200.